The van der Waals surface area contributed by atoms with E-state index in [4.69, 9.17) is 0 Å². The standard InChI is InChI=1S/C18H17BrN6O2S/c1-18(2)15(26)25(17(27)24-18)6-5-21-16-22-9-11(19)14(23-16)13-7-10-8-20-4-3-12(10)28-13/h3-4,7-9H,5-6H2,1-2H3,(H,24,27)(H,21,22,23). The minimum Gasteiger partial charge on any atom is -0.352 e. The summed E-state index contributed by atoms with van der Waals surface area (Å²) in [6.07, 6.45) is 5.27. The molecule has 144 valence electrons. The largest absolute Gasteiger partial charge is 0.352 e. The Labute approximate surface area is 173 Å². The van der Waals surface area contributed by atoms with Gasteiger partial charge >= 0.3 is 6.03 Å². The van der Waals surface area contributed by atoms with Gasteiger partial charge in [-0.3, -0.25) is 14.7 Å². The number of nitrogens with one attached hydrogen (secondary N) is 2. The van der Waals surface area contributed by atoms with Crippen molar-refractivity contribution in [1.82, 2.24) is 25.2 Å². The molecule has 4 rings (SSSR count). The molecule has 0 radical (unpaired) electrons. The van der Waals surface area contributed by atoms with Crippen LogP contribution in [-0.2, 0) is 4.79 Å². The molecule has 1 aliphatic heterocycles. The average Bonchev–Trinajstić information content (AvgIpc) is 3.16. The van der Waals surface area contributed by atoms with Gasteiger partial charge in [0.1, 0.15) is 11.2 Å². The summed E-state index contributed by atoms with van der Waals surface area (Å²) in [6, 6.07) is 3.63. The third kappa shape index (κ3) is 3.45. The molecule has 0 saturated carbocycles. The van der Waals surface area contributed by atoms with Crippen molar-refractivity contribution in [1.29, 1.82) is 0 Å². The van der Waals surface area contributed by atoms with Gasteiger partial charge in [-0.15, -0.1) is 11.3 Å². The van der Waals surface area contributed by atoms with E-state index in [0.29, 0.717) is 12.5 Å². The SMILES string of the molecule is CC1(C)NC(=O)N(CCNc2ncc(Br)c(-c3cc4cnccc4s3)n2)C1=O. The van der Waals surface area contributed by atoms with E-state index >= 15 is 0 Å². The molecule has 1 saturated heterocycles. The minimum atomic E-state index is -0.867. The maximum absolute atomic E-state index is 12.2. The van der Waals surface area contributed by atoms with Gasteiger partial charge in [-0.05, 0) is 41.9 Å². The molecule has 0 unspecified atom stereocenters. The summed E-state index contributed by atoms with van der Waals surface area (Å²) in [5.74, 6) is 0.190. The van der Waals surface area contributed by atoms with Crippen molar-refractivity contribution >= 4 is 55.2 Å². The number of carbonyl (C=O) groups excluding carboxylic acids is 2. The van der Waals surface area contributed by atoms with Crippen molar-refractivity contribution in [3.8, 4) is 10.6 Å². The number of aromatic nitrogens is 3. The number of fused-ring (bicyclic) bond motifs is 1. The summed E-state index contributed by atoms with van der Waals surface area (Å²) in [6.45, 7) is 3.96. The molecule has 1 fully saturated rings. The third-order valence-corrected chi connectivity index (χ3v) is 6.06. The van der Waals surface area contributed by atoms with E-state index in [9.17, 15) is 9.59 Å². The summed E-state index contributed by atoms with van der Waals surface area (Å²) in [5, 5.41) is 6.81. The van der Waals surface area contributed by atoms with E-state index in [2.05, 4.69) is 41.5 Å². The van der Waals surface area contributed by atoms with Gasteiger partial charge in [-0.1, -0.05) is 0 Å². The van der Waals surface area contributed by atoms with Crippen molar-refractivity contribution in [2.45, 2.75) is 19.4 Å². The lowest BCUT2D eigenvalue weighted by Crippen LogP contribution is -2.40. The highest BCUT2D eigenvalue weighted by atomic mass is 79.9. The van der Waals surface area contributed by atoms with Crippen LogP contribution in [0.25, 0.3) is 20.7 Å². The fourth-order valence-corrected chi connectivity index (χ4v) is 4.50. The zero-order valence-corrected chi connectivity index (χ0v) is 17.6. The monoisotopic (exact) mass is 460 g/mol. The van der Waals surface area contributed by atoms with E-state index in [1.807, 2.05) is 18.3 Å². The Balaban J connectivity index is 1.48. The molecule has 3 aromatic rings. The van der Waals surface area contributed by atoms with Crippen molar-refractivity contribution in [2.75, 3.05) is 18.4 Å². The Morgan fingerprint density at radius 3 is 2.86 bits per heavy atom. The maximum Gasteiger partial charge on any atom is 0.325 e. The highest BCUT2D eigenvalue weighted by Crippen LogP contribution is 2.35. The average molecular weight is 461 g/mol. The van der Waals surface area contributed by atoms with Gasteiger partial charge in [0, 0.05) is 41.8 Å². The number of pyridine rings is 1. The minimum absolute atomic E-state index is 0.234. The van der Waals surface area contributed by atoms with Crippen LogP contribution in [0.4, 0.5) is 10.7 Å². The Morgan fingerprint density at radius 1 is 1.32 bits per heavy atom. The molecule has 0 bridgehead atoms. The first-order valence-electron chi connectivity index (χ1n) is 8.59. The Hall–Kier alpha value is -2.59. The van der Waals surface area contributed by atoms with E-state index in [1.54, 1.807) is 37.6 Å². The van der Waals surface area contributed by atoms with Gasteiger partial charge in [0.05, 0.1) is 9.35 Å². The number of halogens is 1. The van der Waals surface area contributed by atoms with Gasteiger partial charge < -0.3 is 10.6 Å². The molecule has 3 amide bonds. The van der Waals surface area contributed by atoms with Gasteiger partial charge in [-0.25, -0.2) is 14.8 Å². The number of imide groups is 1. The first kappa shape index (κ1) is 18.8. The van der Waals surface area contributed by atoms with Crippen molar-refractivity contribution < 1.29 is 9.59 Å². The number of nitrogens with zero attached hydrogens (tertiary/aromatic N) is 4. The zero-order valence-electron chi connectivity index (χ0n) is 15.2. The van der Waals surface area contributed by atoms with Gasteiger partial charge in [-0.2, -0.15) is 0 Å². The summed E-state index contributed by atoms with van der Waals surface area (Å²) >= 11 is 5.13. The molecule has 28 heavy (non-hydrogen) atoms. The molecular weight excluding hydrogens is 444 g/mol. The van der Waals surface area contributed by atoms with Gasteiger partial charge in [0.2, 0.25) is 5.95 Å². The van der Waals surface area contributed by atoms with Crippen LogP contribution in [0.5, 0.6) is 0 Å². The number of thiophene rings is 1. The molecule has 4 heterocycles. The number of hydrogen-bond acceptors (Lipinski definition) is 7. The van der Waals surface area contributed by atoms with Crippen LogP contribution >= 0.6 is 27.3 Å². The quantitative estimate of drug-likeness (QED) is 0.566. The van der Waals surface area contributed by atoms with E-state index in [0.717, 1.165) is 25.1 Å². The molecule has 10 heteroatoms. The lowest BCUT2D eigenvalue weighted by molar-refractivity contribution is -0.130. The number of rotatable bonds is 5. The lowest BCUT2D eigenvalue weighted by atomic mass is 10.1. The molecule has 2 N–H and O–H groups in total. The Bertz CT molecular complexity index is 1050. The second-order valence-electron chi connectivity index (χ2n) is 6.85. The molecule has 1 aliphatic rings. The van der Waals surface area contributed by atoms with Crippen LogP contribution in [0.3, 0.4) is 0 Å². The Kier molecular flexibility index (Phi) is 4.76. The lowest BCUT2D eigenvalue weighted by Gasteiger charge is -2.16. The second-order valence-corrected chi connectivity index (χ2v) is 8.79. The number of amides is 3. The normalized spacial score (nSPS) is 15.9. The third-order valence-electron chi connectivity index (χ3n) is 4.36. The van der Waals surface area contributed by atoms with E-state index in [-0.39, 0.29) is 18.5 Å². The predicted molar refractivity (Wildman–Crippen MR) is 111 cm³/mol. The van der Waals surface area contributed by atoms with E-state index in [1.165, 1.54) is 4.90 Å². The smallest absolute Gasteiger partial charge is 0.325 e. The van der Waals surface area contributed by atoms with Crippen molar-refractivity contribution in [3.05, 3.63) is 35.2 Å². The highest BCUT2D eigenvalue weighted by molar-refractivity contribution is 9.10. The van der Waals surface area contributed by atoms with Crippen LogP contribution < -0.4 is 10.6 Å². The number of urea groups is 1. The highest BCUT2D eigenvalue weighted by Gasteiger charge is 2.43. The second kappa shape index (κ2) is 7.10. The van der Waals surface area contributed by atoms with E-state index < -0.39 is 5.54 Å². The zero-order chi connectivity index (χ0) is 19.9. The molecule has 0 spiro atoms. The summed E-state index contributed by atoms with van der Waals surface area (Å²) < 4.78 is 1.92. The van der Waals surface area contributed by atoms with Crippen LogP contribution in [0.2, 0.25) is 0 Å². The predicted octanol–water partition coefficient (Wildman–Crippen LogP) is 3.26. The number of hydrogen-bond donors (Lipinski definition) is 2. The van der Waals surface area contributed by atoms with Gasteiger partial charge in [0.25, 0.3) is 5.91 Å². The summed E-state index contributed by atoms with van der Waals surface area (Å²) in [5.41, 5.74) is -0.0937. The molecule has 3 aromatic heterocycles. The number of anilines is 1. The summed E-state index contributed by atoms with van der Waals surface area (Å²) in [4.78, 5) is 39.4. The molecule has 0 atom stereocenters. The molecule has 0 aliphatic carbocycles. The Morgan fingerprint density at radius 2 is 2.14 bits per heavy atom. The van der Waals surface area contributed by atoms with Crippen molar-refractivity contribution in [2.24, 2.45) is 0 Å². The fraction of sp³-hybridized carbons (Fsp3) is 0.278. The number of carbonyl (C=O) groups is 2. The maximum atomic E-state index is 12.2. The van der Waals surface area contributed by atoms with Gasteiger partial charge in [0.15, 0.2) is 0 Å². The molecular formula is C18H17BrN6O2S. The first-order chi connectivity index (χ1) is 13.3. The fourth-order valence-electron chi connectivity index (χ4n) is 2.93. The first-order valence-corrected chi connectivity index (χ1v) is 10.2. The molecule has 8 nitrogen and oxygen atoms in total. The van der Waals surface area contributed by atoms with Crippen LogP contribution in [0.15, 0.2) is 35.2 Å². The van der Waals surface area contributed by atoms with Crippen molar-refractivity contribution in [3.63, 3.8) is 0 Å². The van der Waals surface area contributed by atoms with Crippen LogP contribution in [0.1, 0.15) is 13.8 Å². The van der Waals surface area contributed by atoms with Crippen LogP contribution in [0, 0.1) is 0 Å². The summed E-state index contributed by atoms with van der Waals surface area (Å²) in [7, 11) is 0. The molecule has 0 aromatic carbocycles. The van der Waals surface area contributed by atoms with Crippen LogP contribution in [-0.4, -0.2) is 50.4 Å². The topological polar surface area (TPSA) is 100 Å².